The van der Waals surface area contributed by atoms with Crippen LogP contribution in [0.2, 0.25) is 0 Å². The van der Waals surface area contributed by atoms with Gasteiger partial charge in [-0.05, 0) is 89.9 Å². The van der Waals surface area contributed by atoms with Gasteiger partial charge in [-0.3, -0.25) is 4.79 Å². The van der Waals surface area contributed by atoms with Crippen molar-refractivity contribution in [3.8, 4) is 0 Å². The first-order valence-corrected chi connectivity index (χ1v) is 28.7. The highest BCUT2D eigenvalue weighted by atomic mass is 16.7. The number of carbonyl (C=O) groups excluding carboxylic acids is 1. The van der Waals surface area contributed by atoms with Crippen molar-refractivity contribution in [1.82, 2.24) is 0 Å². The molecule has 0 radical (unpaired) electrons. The Morgan fingerprint density at radius 1 is 0.459 bits per heavy atom. The lowest BCUT2D eigenvalue weighted by molar-refractivity contribution is -0.332. The molecule has 14 heteroatoms. The third-order valence-corrected chi connectivity index (χ3v) is 13.1. The third kappa shape index (κ3) is 32.7. The van der Waals surface area contributed by atoms with Gasteiger partial charge in [0.05, 0.1) is 26.4 Å². The lowest BCUT2D eigenvalue weighted by atomic mass is 9.98. The summed E-state index contributed by atoms with van der Waals surface area (Å²) in [5, 5.41) is 72.3. The van der Waals surface area contributed by atoms with Gasteiger partial charge in [-0.15, -0.1) is 0 Å². The van der Waals surface area contributed by atoms with Crippen LogP contribution in [-0.2, 0) is 33.2 Å². The molecule has 2 aliphatic rings. The van der Waals surface area contributed by atoms with Gasteiger partial charge in [-0.1, -0.05) is 176 Å². The fourth-order valence-electron chi connectivity index (χ4n) is 8.52. The number of unbranched alkanes of at least 4 members (excludes halogenated alkanes) is 17. The Kier molecular flexibility index (Phi) is 42.1. The van der Waals surface area contributed by atoms with Crippen LogP contribution in [0.1, 0.15) is 187 Å². The van der Waals surface area contributed by atoms with Crippen molar-refractivity contribution in [1.29, 1.82) is 0 Å². The van der Waals surface area contributed by atoms with Gasteiger partial charge < -0.3 is 64.2 Å². The minimum absolute atomic E-state index is 0.0433. The van der Waals surface area contributed by atoms with E-state index in [4.69, 9.17) is 28.4 Å². The molecule has 426 valence electrons. The molecule has 0 amide bonds. The van der Waals surface area contributed by atoms with Crippen LogP contribution in [0.3, 0.4) is 0 Å². The average Bonchev–Trinajstić information content (AvgIpc) is 3.40. The van der Waals surface area contributed by atoms with Crippen LogP contribution in [0.4, 0.5) is 0 Å². The number of ether oxygens (including phenoxy) is 6. The average molecular weight is 1050 g/mol. The highest BCUT2D eigenvalue weighted by Crippen LogP contribution is 2.26. The fourth-order valence-corrected chi connectivity index (χ4v) is 8.52. The Labute approximate surface area is 446 Å². The van der Waals surface area contributed by atoms with Crippen LogP contribution in [0.25, 0.3) is 0 Å². The fraction of sp³-hybridized carbons (Fsp3) is 0.750. The summed E-state index contributed by atoms with van der Waals surface area (Å²) in [6, 6.07) is 0. The van der Waals surface area contributed by atoms with Crippen LogP contribution in [-0.4, -0.2) is 142 Å². The zero-order valence-corrected chi connectivity index (χ0v) is 45.5. The SMILES string of the molecule is CC/C=C\C/C=C\C/C=C\C/C=C\C/C=C\CCCCCCCCOCC(COC1OC(COC2OC(CO)C(O)C(O)C2O)C(O)C(O)C1O)OC(=O)CCCCCCCCC/C=C\C/C=C\CCCCCC. The largest absolute Gasteiger partial charge is 0.457 e. The van der Waals surface area contributed by atoms with E-state index in [1.165, 1.54) is 57.8 Å². The number of allylic oxidation sites excluding steroid dienone is 14. The second-order valence-corrected chi connectivity index (χ2v) is 19.7. The highest BCUT2D eigenvalue weighted by Gasteiger charge is 2.47. The number of aliphatic hydroxyl groups is 7. The maximum atomic E-state index is 13.1. The number of hydrogen-bond donors (Lipinski definition) is 7. The summed E-state index contributed by atoms with van der Waals surface area (Å²) in [5.74, 6) is -0.392. The Morgan fingerprint density at radius 2 is 0.878 bits per heavy atom. The molecule has 0 aliphatic carbocycles. The van der Waals surface area contributed by atoms with E-state index in [1.807, 2.05) is 0 Å². The van der Waals surface area contributed by atoms with E-state index < -0.39 is 86.7 Å². The molecule has 2 fully saturated rings. The Balaban J connectivity index is 1.74. The first kappa shape index (κ1) is 67.3. The molecular weight excluding hydrogens is 945 g/mol. The van der Waals surface area contributed by atoms with Crippen molar-refractivity contribution in [3.05, 3.63) is 85.1 Å². The van der Waals surface area contributed by atoms with Crippen LogP contribution in [0, 0.1) is 0 Å². The van der Waals surface area contributed by atoms with E-state index in [9.17, 15) is 40.5 Å². The van der Waals surface area contributed by atoms with Gasteiger partial charge >= 0.3 is 5.97 Å². The first-order chi connectivity index (χ1) is 36.1. The molecule has 2 aliphatic heterocycles. The Bertz CT molecular complexity index is 1540. The molecular formula is C60H102O14. The Hall–Kier alpha value is -2.83. The van der Waals surface area contributed by atoms with Crippen LogP contribution < -0.4 is 0 Å². The molecule has 0 aromatic heterocycles. The van der Waals surface area contributed by atoms with Crippen molar-refractivity contribution in [2.24, 2.45) is 0 Å². The van der Waals surface area contributed by atoms with E-state index in [-0.39, 0.29) is 19.6 Å². The number of rotatable bonds is 45. The second kappa shape index (κ2) is 46.3. The smallest absolute Gasteiger partial charge is 0.306 e. The number of aliphatic hydroxyl groups excluding tert-OH is 7. The molecule has 74 heavy (non-hydrogen) atoms. The predicted octanol–water partition coefficient (Wildman–Crippen LogP) is 10.0. The molecule has 2 saturated heterocycles. The van der Waals surface area contributed by atoms with Gasteiger partial charge in [-0.25, -0.2) is 0 Å². The molecule has 11 atom stereocenters. The predicted molar refractivity (Wildman–Crippen MR) is 293 cm³/mol. The molecule has 2 heterocycles. The van der Waals surface area contributed by atoms with Crippen molar-refractivity contribution in [2.45, 2.75) is 255 Å². The van der Waals surface area contributed by atoms with Gasteiger partial charge in [-0.2, -0.15) is 0 Å². The van der Waals surface area contributed by atoms with Gasteiger partial charge in [0.15, 0.2) is 12.6 Å². The summed E-state index contributed by atoms with van der Waals surface area (Å²) in [5.41, 5.74) is 0. The van der Waals surface area contributed by atoms with E-state index in [0.717, 1.165) is 103 Å². The molecule has 0 spiro atoms. The zero-order valence-electron chi connectivity index (χ0n) is 45.5. The minimum Gasteiger partial charge on any atom is -0.457 e. The van der Waals surface area contributed by atoms with Crippen LogP contribution >= 0.6 is 0 Å². The standard InChI is InChI=1S/C60H102O14/c1-3-5-7-9-11-13-15-17-19-21-23-24-25-26-28-30-32-34-36-38-40-42-44-69-46-49(72-52(62)43-41-39-37-35-33-31-29-27-22-20-18-16-14-12-10-8-6-4-2)47-70-59-58(68)56(66)54(64)51(74-59)48-71-60-57(67)55(65)53(63)50(45-61)73-60/h5,7,11,13-14,16-17,19-20,22-24,26,28,49-51,53-61,63-68H,3-4,6,8-10,12,15,18,21,25,27,29-48H2,1-2H3/b7-5-,13-11-,16-14-,19-17-,22-20-,24-23-,28-26-. The molecule has 11 unspecified atom stereocenters. The van der Waals surface area contributed by atoms with Crippen molar-refractivity contribution in [3.63, 3.8) is 0 Å². The quantitative estimate of drug-likeness (QED) is 0.0172. The summed E-state index contributed by atoms with van der Waals surface area (Å²) in [6.07, 6.45) is 43.5. The van der Waals surface area contributed by atoms with E-state index in [1.54, 1.807) is 0 Å². The van der Waals surface area contributed by atoms with Crippen molar-refractivity contribution >= 4 is 5.97 Å². The molecule has 0 bridgehead atoms. The van der Waals surface area contributed by atoms with Crippen LogP contribution in [0.5, 0.6) is 0 Å². The lowest BCUT2D eigenvalue weighted by Crippen LogP contribution is -2.61. The first-order valence-electron chi connectivity index (χ1n) is 28.7. The Morgan fingerprint density at radius 3 is 1.38 bits per heavy atom. The summed E-state index contributed by atoms with van der Waals surface area (Å²) in [7, 11) is 0. The maximum absolute atomic E-state index is 13.1. The van der Waals surface area contributed by atoms with Gasteiger partial charge in [0, 0.05) is 13.0 Å². The van der Waals surface area contributed by atoms with Crippen molar-refractivity contribution < 1.29 is 69.0 Å². The molecule has 2 rings (SSSR count). The maximum Gasteiger partial charge on any atom is 0.306 e. The van der Waals surface area contributed by atoms with Gasteiger partial charge in [0.25, 0.3) is 0 Å². The normalized spacial score (nSPS) is 25.4. The molecule has 14 nitrogen and oxygen atoms in total. The van der Waals surface area contributed by atoms with E-state index in [2.05, 4.69) is 98.9 Å². The highest BCUT2D eigenvalue weighted by molar-refractivity contribution is 5.69. The monoisotopic (exact) mass is 1050 g/mol. The van der Waals surface area contributed by atoms with Gasteiger partial charge in [0.2, 0.25) is 0 Å². The molecule has 0 saturated carbocycles. The lowest BCUT2D eigenvalue weighted by Gasteiger charge is -2.42. The summed E-state index contributed by atoms with van der Waals surface area (Å²) < 4.78 is 34.4. The second-order valence-electron chi connectivity index (χ2n) is 19.7. The summed E-state index contributed by atoms with van der Waals surface area (Å²) >= 11 is 0. The van der Waals surface area contributed by atoms with Crippen LogP contribution in [0.15, 0.2) is 85.1 Å². The minimum atomic E-state index is -1.72. The van der Waals surface area contributed by atoms with E-state index >= 15 is 0 Å². The number of esters is 1. The van der Waals surface area contributed by atoms with Crippen molar-refractivity contribution in [2.75, 3.05) is 33.0 Å². The number of carbonyl (C=O) groups is 1. The summed E-state index contributed by atoms with van der Waals surface area (Å²) in [4.78, 5) is 13.1. The molecule has 7 N–H and O–H groups in total. The summed E-state index contributed by atoms with van der Waals surface area (Å²) in [6.45, 7) is 3.50. The zero-order chi connectivity index (χ0) is 53.7. The topological polar surface area (TPSA) is 214 Å². The number of hydrogen-bond acceptors (Lipinski definition) is 14. The van der Waals surface area contributed by atoms with Gasteiger partial charge in [0.1, 0.15) is 54.9 Å². The van der Waals surface area contributed by atoms with E-state index in [0.29, 0.717) is 13.0 Å². The molecule has 0 aromatic carbocycles. The molecule has 0 aromatic rings. The third-order valence-electron chi connectivity index (χ3n) is 13.1.